The Morgan fingerprint density at radius 1 is 1.40 bits per heavy atom. The normalized spacial score (nSPS) is 28.3. The predicted octanol–water partition coefficient (Wildman–Crippen LogP) is 2.76. The van der Waals surface area contributed by atoms with Crippen LogP contribution >= 0.6 is 23.2 Å². The molecule has 2 nitrogen and oxygen atoms in total. The van der Waals surface area contributed by atoms with Crippen LogP contribution < -0.4 is 5.32 Å². The third kappa shape index (κ3) is 1.57. The number of nitrogens with zero attached hydrogens (tertiary/aromatic N) is 1. The summed E-state index contributed by atoms with van der Waals surface area (Å²) in [5, 5.41) is 4.31. The molecule has 0 saturated carbocycles. The van der Waals surface area contributed by atoms with Crippen LogP contribution in [0.1, 0.15) is 12.0 Å². The molecule has 1 N–H and O–H groups in total. The second-order valence-electron chi connectivity index (χ2n) is 4.07. The summed E-state index contributed by atoms with van der Waals surface area (Å²) in [5.74, 6) is 0.703. The van der Waals surface area contributed by atoms with Crippen molar-refractivity contribution in [1.29, 1.82) is 0 Å². The lowest BCUT2D eigenvalue weighted by molar-refractivity contribution is 0.306. The number of pyridine rings is 1. The molecule has 0 spiro atoms. The van der Waals surface area contributed by atoms with Gasteiger partial charge in [0.05, 0.1) is 5.02 Å². The average molecular weight is 241 g/mol. The van der Waals surface area contributed by atoms with E-state index < -0.39 is 0 Å². The molecule has 78 valence electrons. The van der Waals surface area contributed by atoms with Crippen molar-refractivity contribution < 1.29 is 0 Å². The Balaban J connectivity index is 1.93. The Labute approximate surface area is 98.3 Å². The minimum atomic E-state index is 0.375. The second kappa shape index (κ2) is 3.48. The molecular formula is C11H10Cl2N2. The third-order valence-corrected chi connectivity index (χ3v) is 3.84. The summed E-state index contributed by atoms with van der Waals surface area (Å²) in [6.45, 7) is 1.10. The highest BCUT2D eigenvalue weighted by Gasteiger charge is 2.34. The van der Waals surface area contributed by atoms with Crippen LogP contribution in [-0.4, -0.2) is 17.6 Å². The van der Waals surface area contributed by atoms with Crippen molar-refractivity contribution in [3.63, 3.8) is 0 Å². The van der Waals surface area contributed by atoms with E-state index in [1.165, 1.54) is 5.57 Å². The minimum absolute atomic E-state index is 0.375. The van der Waals surface area contributed by atoms with E-state index in [0.717, 1.165) is 18.5 Å². The predicted molar refractivity (Wildman–Crippen MR) is 62.1 cm³/mol. The number of hydrogen-bond acceptors (Lipinski definition) is 2. The highest BCUT2D eigenvalue weighted by atomic mass is 35.5. The molecule has 0 radical (unpaired) electrons. The Morgan fingerprint density at radius 3 is 2.80 bits per heavy atom. The van der Waals surface area contributed by atoms with Crippen molar-refractivity contribution in [2.45, 2.75) is 12.5 Å². The first-order valence-corrected chi connectivity index (χ1v) is 5.75. The summed E-state index contributed by atoms with van der Waals surface area (Å²) in [6, 6.07) is 2.53. The van der Waals surface area contributed by atoms with Crippen LogP contribution in [0.3, 0.4) is 0 Å². The molecule has 3 rings (SSSR count). The summed E-state index contributed by atoms with van der Waals surface area (Å²) < 4.78 is 0. The third-order valence-electron chi connectivity index (χ3n) is 3.15. The first kappa shape index (κ1) is 9.64. The summed E-state index contributed by atoms with van der Waals surface area (Å²) in [7, 11) is 0. The van der Waals surface area contributed by atoms with Crippen molar-refractivity contribution >= 4 is 28.8 Å². The quantitative estimate of drug-likeness (QED) is 0.764. The van der Waals surface area contributed by atoms with Gasteiger partial charge in [0.2, 0.25) is 0 Å². The lowest BCUT2D eigenvalue weighted by Crippen LogP contribution is -2.49. The maximum Gasteiger partial charge on any atom is 0.147 e. The van der Waals surface area contributed by atoms with Crippen molar-refractivity contribution in [3.05, 3.63) is 34.1 Å². The number of hydrogen-bond donors (Lipinski definition) is 1. The van der Waals surface area contributed by atoms with E-state index in [1.54, 1.807) is 6.20 Å². The zero-order valence-electron chi connectivity index (χ0n) is 8.00. The van der Waals surface area contributed by atoms with Gasteiger partial charge in [-0.25, -0.2) is 4.98 Å². The fraction of sp³-hybridized carbons (Fsp3) is 0.364. The summed E-state index contributed by atoms with van der Waals surface area (Å²) >= 11 is 11.7. The van der Waals surface area contributed by atoms with Crippen LogP contribution in [-0.2, 0) is 0 Å². The molecule has 1 aliphatic carbocycles. The van der Waals surface area contributed by atoms with E-state index in [1.807, 2.05) is 6.07 Å². The van der Waals surface area contributed by atoms with Crippen LogP contribution in [0.25, 0.3) is 5.57 Å². The van der Waals surface area contributed by atoms with Gasteiger partial charge in [-0.2, -0.15) is 0 Å². The fourth-order valence-electron chi connectivity index (χ4n) is 2.19. The lowest BCUT2D eigenvalue weighted by atomic mass is 9.95. The van der Waals surface area contributed by atoms with Gasteiger partial charge in [0.15, 0.2) is 0 Å². The van der Waals surface area contributed by atoms with E-state index in [2.05, 4.69) is 16.4 Å². The van der Waals surface area contributed by atoms with Gasteiger partial charge in [-0.3, -0.25) is 0 Å². The zero-order valence-corrected chi connectivity index (χ0v) is 9.52. The molecular weight excluding hydrogens is 231 g/mol. The van der Waals surface area contributed by atoms with E-state index in [4.69, 9.17) is 23.2 Å². The monoisotopic (exact) mass is 240 g/mol. The molecule has 0 bridgehead atoms. The molecule has 1 aromatic heterocycles. The van der Waals surface area contributed by atoms with Crippen LogP contribution in [0.2, 0.25) is 10.2 Å². The van der Waals surface area contributed by atoms with Gasteiger partial charge in [0.1, 0.15) is 5.15 Å². The number of nitrogens with one attached hydrogen (secondary N) is 1. The lowest BCUT2D eigenvalue weighted by Gasteiger charge is -2.31. The van der Waals surface area contributed by atoms with Crippen LogP contribution in [0, 0.1) is 5.92 Å². The van der Waals surface area contributed by atoms with Gasteiger partial charge in [0.25, 0.3) is 0 Å². The number of halogens is 2. The van der Waals surface area contributed by atoms with Crippen LogP contribution in [0.5, 0.6) is 0 Å². The maximum absolute atomic E-state index is 5.94. The van der Waals surface area contributed by atoms with E-state index in [9.17, 15) is 0 Å². The summed E-state index contributed by atoms with van der Waals surface area (Å²) in [4.78, 5) is 4.07. The zero-order chi connectivity index (χ0) is 10.4. The molecule has 1 saturated heterocycles. The van der Waals surface area contributed by atoms with E-state index in [0.29, 0.717) is 22.1 Å². The Morgan fingerprint density at radius 2 is 2.27 bits per heavy atom. The molecule has 2 aliphatic rings. The maximum atomic E-state index is 5.94. The molecule has 0 aromatic carbocycles. The van der Waals surface area contributed by atoms with Crippen molar-refractivity contribution in [2.24, 2.45) is 5.92 Å². The second-order valence-corrected chi connectivity index (χ2v) is 4.84. The van der Waals surface area contributed by atoms with E-state index >= 15 is 0 Å². The van der Waals surface area contributed by atoms with Gasteiger partial charge in [-0.05, 0) is 23.6 Å². The van der Waals surface area contributed by atoms with Crippen LogP contribution in [0.15, 0.2) is 18.3 Å². The average Bonchev–Trinajstić information content (AvgIpc) is 2.48. The van der Waals surface area contributed by atoms with Crippen LogP contribution in [0.4, 0.5) is 0 Å². The topological polar surface area (TPSA) is 24.9 Å². The van der Waals surface area contributed by atoms with Gasteiger partial charge in [-0.1, -0.05) is 29.3 Å². The summed E-state index contributed by atoms with van der Waals surface area (Å²) in [6.07, 6.45) is 5.19. The largest absolute Gasteiger partial charge is 0.312 e. The van der Waals surface area contributed by atoms with Gasteiger partial charge in [-0.15, -0.1) is 0 Å². The first-order valence-electron chi connectivity index (χ1n) is 4.99. The Bertz CT molecular complexity index is 442. The van der Waals surface area contributed by atoms with Gasteiger partial charge >= 0.3 is 0 Å². The number of rotatable bonds is 1. The van der Waals surface area contributed by atoms with Crippen molar-refractivity contribution in [3.8, 4) is 0 Å². The molecule has 4 heteroatoms. The highest BCUT2D eigenvalue weighted by molar-refractivity contribution is 6.41. The summed E-state index contributed by atoms with van der Waals surface area (Å²) in [5.41, 5.74) is 2.43. The molecule has 2 heterocycles. The van der Waals surface area contributed by atoms with Gasteiger partial charge < -0.3 is 5.32 Å². The van der Waals surface area contributed by atoms with Gasteiger partial charge in [0, 0.05) is 24.7 Å². The molecule has 0 unspecified atom stereocenters. The number of aromatic nitrogens is 1. The molecule has 15 heavy (non-hydrogen) atoms. The fourth-order valence-corrected chi connectivity index (χ4v) is 2.46. The molecule has 1 fully saturated rings. The Hall–Kier alpha value is -0.570. The highest BCUT2D eigenvalue weighted by Crippen LogP contribution is 2.36. The number of fused-ring (bicyclic) bond motifs is 1. The Kier molecular flexibility index (Phi) is 2.23. The van der Waals surface area contributed by atoms with E-state index in [-0.39, 0.29) is 0 Å². The standard InChI is InChI=1S/C11H10Cl2N2/c12-9-2-7(4-15-11(9)13)6-1-8-5-14-10(8)3-6/h1-2,4,8,10,14H,3,5H2/t8-,10-/m0/s1. The smallest absolute Gasteiger partial charge is 0.147 e. The molecule has 2 atom stereocenters. The molecule has 0 amide bonds. The molecule has 1 aliphatic heterocycles. The van der Waals surface area contributed by atoms with Crippen molar-refractivity contribution in [2.75, 3.05) is 6.54 Å². The molecule has 1 aromatic rings. The van der Waals surface area contributed by atoms with Crippen molar-refractivity contribution in [1.82, 2.24) is 10.3 Å². The SMILES string of the molecule is Clc1cc(C2=C[C@H]3CN[C@H]3C2)cnc1Cl. The first-order chi connectivity index (χ1) is 7.24. The minimum Gasteiger partial charge on any atom is -0.312 e.